The van der Waals surface area contributed by atoms with E-state index in [-0.39, 0.29) is 11.8 Å². The van der Waals surface area contributed by atoms with Crippen LogP contribution in [0.4, 0.5) is 0 Å². The van der Waals surface area contributed by atoms with Gasteiger partial charge in [0, 0.05) is 51.0 Å². The van der Waals surface area contributed by atoms with Gasteiger partial charge in [-0.25, -0.2) is 4.68 Å². The number of benzene rings is 2. The molecular formula is C28H33N5O3. The number of aromatic nitrogens is 2. The molecule has 2 amide bonds. The van der Waals surface area contributed by atoms with Gasteiger partial charge >= 0.3 is 0 Å². The lowest BCUT2D eigenvalue weighted by Gasteiger charge is -2.36. The summed E-state index contributed by atoms with van der Waals surface area (Å²) >= 11 is 0. The number of piperazine rings is 1. The highest BCUT2D eigenvalue weighted by Crippen LogP contribution is 2.26. The van der Waals surface area contributed by atoms with Gasteiger partial charge in [0.05, 0.1) is 31.0 Å². The van der Waals surface area contributed by atoms with E-state index in [1.54, 1.807) is 4.68 Å². The van der Waals surface area contributed by atoms with Crippen molar-refractivity contribution in [3.63, 3.8) is 0 Å². The standard InChI is InChI=1S/C28H33N5O3/c1-2-22-8-10-23(11-9-22)27-25(20-33(29-27)24-6-4-3-5-7-24)28(35)32-14-12-31(13-15-32)26(34)21-30-16-18-36-19-17-30/h3-11,20H,2,12-19,21H2,1H3. The van der Waals surface area contributed by atoms with Gasteiger partial charge in [-0.1, -0.05) is 49.4 Å². The van der Waals surface area contributed by atoms with Crippen molar-refractivity contribution in [1.82, 2.24) is 24.5 Å². The molecule has 8 nitrogen and oxygen atoms in total. The Kier molecular flexibility index (Phi) is 7.44. The number of para-hydroxylation sites is 1. The van der Waals surface area contributed by atoms with E-state index < -0.39 is 0 Å². The Morgan fingerprint density at radius 1 is 0.861 bits per heavy atom. The van der Waals surface area contributed by atoms with E-state index in [9.17, 15) is 9.59 Å². The molecule has 0 aliphatic carbocycles. The minimum Gasteiger partial charge on any atom is -0.379 e. The Hall–Kier alpha value is -3.49. The molecule has 2 aromatic carbocycles. The highest BCUT2D eigenvalue weighted by atomic mass is 16.5. The van der Waals surface area contributed by atoms with E-state index in [1.165, 1.54) is 5.56 Å². The van der Waals surface area contributed by atoms with Crippen LogP contribution < -0.4 is 0 Å². The van der Waals surface area contributed by atoms with Gasteiger partial charge in [-0.3, -0.25) is 14.5 Å². The largest absolute Gasteiger partial charge is 0.379 e. The van der Waals surface area contributed by atoms with Gasteiger partial charge < -0.3 is 14.5 Å². The van der Waals surface area contributed by atoms with Crippen LogP contribution in [-0.4, -0.2) is 95.3 Å². The summed E-state index contributed by atoms with van der Waals surface area (Å²) in [5.74, 6) is 0.0737. The molecule has 5 rings (SSSR count). The van der Waals surface area contributed by atoms with Crippen LogP contribution in [0.2, 0.25) is 0 Å². The summed E-state index contributed by atoms with van der Waals surface area (Å²) in [5.41, 5.74) is 4.33. The van der Waals surface area contributed by atoms with E-state index in [4.69, 9.17) is 9.84 Å². The predicted octanol–water partition coefficient (Wildman–Crippen LogP) is 2.72. The normalized spacial score (nSPS) is 16.8. The number of ether oxygens (including phenoxy) is 1. The average molecular weight is 488 g/mol. The van der Waals surface area contributed by atoms with Crippen molar-refractivity contribution in [2.24, 2.45) is 0 Å². The Labute approximate surface area is 212 Å². The summed E-state index contributed by atoms with van der Waals surface area (Å²) in [5, 5.41) is 4.82. The maximum absolute atomic E-state index is 13.7. The molecule has 0 unspecified atom stereocenters. The van der Waals surface area contributed by atoms with Crippen molar-refractivity contribution in [2.75, 3.05) is 59.0 Å². The first-order chi connectivity index (χ1) is 17.6. The van der Waals surface area contributed by atoms with Crippen molar-refractivity contribution in [3.05, 3.63) is 71.9 Å². The number of carbonyl (C=O) groups excluding carboxylic acids is 2. The van der Waals surface area contributed by atoms with Gasteiger partial charge in [0.1, 0.15) is 5.69 Å². The molecule has 3 aromatic rings. The van der Waals surface area contributed by atoms with E-state index in [0.717, 1.165) is 30.8 Å². The molecule has 0 atom stereocenters. The molecular weight excluding hydrogens is 454 g/mol. The summed E-state index contributed by atoms with van der Waals surface area (Å²) in [7, 11) is 0. The molecule has 2 fully saturated rings. The van der Waals surface area contributed by atoms with Crippen LogP contribution in [-0.2, 0) is 16.0 Å². The molecule has 188 valence electrons. The van der Waals surface area contributed by atoms with E-state index in [1.807, 2.05) is 58.5 Å². The Bertz CT molecular complexity index is 1180. The lowest BCUT2D eigenvalue weighted by atomic mass is 10.0. The van der Waals surface area contributed by atoms with Gasteiger partial charge in [0.15, 0.2) is 0 Å². The maximum atomic E-state index is 13.7. The molecule has 0 N–H and O–H groups in total. The quantitative estimate of drug-likeness (QED) is 0.535. The van der Waals surface area contributed by atoms with E-state index >= 15 is 0 Å². The predicted molar refractivity (Wildman–Crippen MR) is 138 cm³/mol. The molecule has 2 aliphatic rings. The fourth-order valence-corrected chi connectivity index (χ4v) is 4.73. The smallest absolute Gasteiger partial charge is 0.257 e. The zero-order valence-electron chi connectivity index (χ0n) is 20.8. The van der Waals surface area contributed by atoms with Crippen LogP contribution in [0, 0.1) is 0 Å². The number of carbonyl (C=O) groups is 2. The zero-order valence-corrected chi connectivity index (χ0v) is 20.8. The number of aryl methyl sites for hydroxylation is 1. The second-order valence-electron chi connectivity index (χ2n) is 9.28. The fourth-order valence-electron chi connectivity index (χ4n) is 4.73. The van der Waals surface area contributed by atoms with Crippen LogP contribution in [0.1, 0.15) is 22.8 Å². The van der Waals surface area contributed by atoms with Crippen LogP contribution in [0.15, 0.2) is 60.8 Å². The highest BCUT2D eigenvalue weighted by molar-refractivity contribution is 6.00. The molecule has 0 spiro atoms. The SMILES string of the molecule is CCc1ccc(-c2nn(-c3ccccc3)cc2C(=O)N2CCN(C(=O)CN3CCOCC3)CC2)cc1. The monoisotopic (exact) mass is 487 g/mol. The first-order valence-electron chi connectivity index (χ1n) is 12.7. The van der Waals surface area contributed by atoms with Crippen molar-refractivity contribution in [3.8, 4) is 16.9 Å². The fraction of sp³-hybridized carbons (Fsp3) is 0.393. The van der Waals surface area contributed by atoms with Crippen molar-refractivity contribution in [1.29, 1.82) is 0 Å². The third-order valence-corrected chi connectivity index (χ3v) is 6.98. The average Bonchev–Trinajstić information content (AvgIpc) is 3.39. The number of hydrogen-bond acceptors (Lipinski definition) is 5. The minimum atomic E-state index is -0.0490. The van der Waals surface area contributed by atoms with Crippen molar-refractivity contribution in [2.45, 2.75) is 13.3 Å². The second-order valence-corrected chi connectivity index (χ2v) is 9.28. The van der Waals surface area contributed by atoms with Crippen molar-refractivity contribution < 1.29 is 14.3 Å². The Morgan fingerprint density at radius 3 is 2.19 bits per heavy atom. The molecule has 0 radical (unpaired) electrons. The molecule has 0 saturated carbocycles. The molecule has 0 bridgehead atoms. The Morgan fingerprint density at radius 2 is 1.53 bits per heavy atom. The summed E-state index contributed by atoms with van der Waals surface area (Å²) < 4.78 is 7.15. The summed E-state index contributed by atoms with van der Waals surface area (Å²) in [6.07, 6.45) is 2.79. The third-order valence-electron chi connectivity index (χ3n) is 6.98. The molecule has 2 aliphatic heterocycles. The summed E-state index contributed by atoms with van der Waals surface area (Å²) in [6, 6.07) is 18.1. The number of rotatable bonds is 6. The zero-order chi connectivity index (χ0) is 24.9. The molecule has 1 aromatic heterocycles. The van der Waals surface area contributed by atoms with Gasteiger partial charge in [-0.15, -0.1) is 0 Å². The van der Waals surface area contributed by atoms with Crippen LogP contribution in [0.5, 0.6) is 0 Å². The highest BCUT2D eigenvalue weighted by Gasteiger charge is 2.29. The minimum absolute atomic E-state index is 0.0490. The van der Waals surface area contributed by atoms with E-state index in [2.05, 4.69) is 24.0 Å². The molecule has 8 heteroatoms. The van der Waals surface area contributed by atoms with Gasteiger partial charge in [0.2, 0.25) is 5.91 Å². The van der Waals surface area contributed by atoms with Gasteiger partial charge in [0.25, 0.3) is 5.91 Å². The number of amides is 2. The first kappa shape index (κ1) is 24.2. The maximum Gasteiger partial charge on any atom is 0.257 e. The van der Waals surface area contributed by atoms with Gasteiger partial charge in [-0.2, -0.15) is 5.10 Å². The third kappa shape index (κ3) is 5.34. The van der Waals surface area contributed by atoms with Crippen LogP contribution in [0.25, 0.3) is 16.9 Å². The molecule has 36 heavy (non-hydrogen) atoms. The topological polar surface area (TPSA) is 70.9 Å². The number of morpholine rings is 1. The lowest BCUT2D eigenvalue weighted by Crippen LogP contribution is -2.53. The number of nitrogens with zero attached hydrogens (tertiary/aromatic N) is 5. The second kappa shape index (κ2) is 11.1. The number of hydrogen-bond donors (Lipinski definition) is 0. The van der Waals surface area contributed by atoms with Gasteiger partial charge in [-0.05, 0) is 24.1 Å². The van der Waals surface area contributed by atoms with Crippen molar-refractivity contribution >= 4 is 11.8 Å². The van der Waals surface area contributed by atoms with Crippen LogP contribution in [0.3, 0.4) is 0 Å². The molecule has 2 saturated heterocycles. The summed E-state index contributed by atoms with van der Waals surface area (Å²) in [6.45, 7) is 7.58. The summed E-state index contributed by atoms with van der Waals surface area (Å²) in [4.78, 5) is 32.3. The van der Waals surface area contributed by atoms with E-state index in [0.29, 0.717) is 57.2 Å². The lowest BCUT2D eigenvalue weighted by molar-refractivity contribution is -0.134. The first-order valence-corrected chi connectivity index (χ1v) is 12.7. The molecule has 3 heterocycles. The Balaban J connectivity index is 1.32. The van der Waals surface area contributed by atoms with Crippen LogP contribution >= 0.6 is 0 Å².